The summed E-state index contributed by atoms with van der Waals surface area (Å²) in [5, 5.41) is 10.5. The average Bonchev–Trinajstić information content (AvgIpc) is 2.49. The molecular formula is C18H35NO4. The molecule has 0 aliphatic carbocycles. The highest BCUT2D eigenvalue weighted by Crippen LogP contribution is 2.19. The van der Waals surface area contributed by atoms with Crippen LogP contribution in [0.2, 0.25) is 0 Å². The minimum Gasteiger partial charge on any atom is -0.444 e. The van der Waals surface area contributed by atoms with Crippen molar-refractivity contribution in [3.05, 3.63) is 0 Å². The molecule has 5 nitrogen and oxygen atoms in total. The van der Waals surface area contributed by atoms with Crippen LogP contribution in [0.1, 0.15) is 72.6 Å². The fraction of sp³-hybridized carbons (Fsp3) is 0.944. The molecule has 1 aliphatic heterocycles. The number of amides is 1. The third-order valence-corrected chi connectivity index (χ3v) is 4.09. The Bertz CT molecular complexity index is 340. The molecule has 1 rings (SSSR count). The lowest BCUT2D eigenvalue weighted by Crippen LogP contribution is -2.55. The van der Waals surface area contributed by atoms with Crippen molar-refractivity contribution in [2.45, 2.75) is 90.4 Å². The van der Waals surface area contributed by atoms with Gasteiger partial charge in [-0.3, -0.25) is 4.90 Å². The zero-order valence-electron chi connectivity index (χ0n) is 15.3. The van der Waals surface area contributed by atoms with Crippen LogP contribution >= 0.6 is 0 Å². The Morgan fingerprint density at radius 1 is 1.26 bits per heavy atom. The van der Waals surface area contributed by atoms with Gasteiger partial charge in [-0.2, -0.15) is 0 Å². The van der Waals surface area contributed by atoms with Gasteiger partial charge in [0, 0.05) is 6.54 Å². The van der Waals surface area contributed by atoms with Gasteiger partial charge >= 0.3 is 6.09 Å². The Morgan fingerprint density at radius 3 is 2.57 bits per heavy atom. The van der Waals surface area contributed by atoms with Gasteiger partial charge in [0.15, 0.2) is 0 Å². The number of morpholine rings is 1. The molecule has 0 radical (unpaired) electrons. The molecule has 2 unspecified atom stereocenters. The maximum absolute atomic E-state index is 12.3. The Labute approximate surface area is 141 Å². The van der Waals surface area contributed by atoms with Crippen LogP contribution in [0.15, 0.2) is 0 Å². The zero-order valence-corrected chi connectivity index (χ0v) is 15.3. The standard InChI is InChI=1S/C18H35NO4/c1-5-6-7-8-9-10-11-16(20)15-14-22-13-12-19(15)17(21)23-18(2,3)4/h15-16,20H,5-14H2,1-4H3. The molecule has 1 heterocycles. The lowest BCUT2D eigenvalue weighted by Gasteiger charge is -2.38. The molecule has 0 saturated carbocycles. The molecule has 1 fully saturated rings. The minimum absolute atomic E-state index is 0.297. The first kappa shape index (κ1) is 20.2. The van der Waals surface area contributed by atoms with Gasteiger partial charge in [-0.1, -0.05) is 45.4 Å². The van der Waals surface area contributed by atoms with Crippen LogP contribution in [0.25, 0.3) is 0 Å². The lowest BCUT2D eigenvalue weighted by atomic mass is 10.0. The number of carbonyl (C=O) groups excluding carboxylic acids is 1. The molecule has 1 saturated heterocycles. The van der Waals surface area contributed by atoms with E-state index in [1.807, 2.05) is 20.8 Å². The summed E-state index contributed by atoms with van der Waals surface area (Å²) < 4.78 is 10.9. The second kappa shape index (κ2) is 10.1. The molecule has 0 aromatic carbocycles. The monoisotopic (exact) mass is 329 g/mol. The van der Waals surface area contributed by atoms with Gasteiger partial charge < -0.3 is 14.6 Å². The zero-order chi connectivity index (χ0) is 17.3. The van der Waals surface area contributed by atoms with Crippen LogP contribution in [0.3, 0.4) is 0 Å². The molecule has 23 heavy (non-hydrogen) atoms. The summed E-state index contributed by atoms with van der Waals surface area (Å²) in [6.07, 6.45) is 6.95. The molecule has 1 N–H and O–H groups in total. The summed E-state index contributed by atoms with van der Waals surface area (Å²) in [5.74, 6) is 0. The SMILES string of the molecule is CCCCCCCCC(O)C1COCCN1C(=O)OC(C)(C)C. The number of carbonyl (C=O) groups is 1. The number of aliphatic hydroxyl groups excluding tert-OH is 1. The van der Waals surface area contributed by atoms with E-state index in [1.165, 1.54) is 25.7 Å². The summed E-state index contributed by atoms with van der Waals surface area (Å²) >= 11 is 0. The van der Waals surface area contributed by atoms with E-state index in [0.717, 1.165) is 12.8 Å². The Kier molecular flexibility index (Phi) is 8.92. The minimum atomic E-state index is -0.547. The van der Waals surface area contributed by atoms with Crippen molar-refractivity contribution in [2.24, 2.45) is 0 Å². The highest BCUT2D eigenvalue weighted by molar-refractivity contribution is 5.68. The van der Waals surface area contributed by atoms with Crippen LogP contribution in [0.4, 0.5) is 4.79 Å². The fourth-order valence-corrected chi connectivity index (χ4v) is 2.81. The number of aliphatic hydroxyl groups is 1. The quantitative estimate of drug-likeness (QED) is 0.689. The summed E-state index contributed by atoms with van der Waals surface area (Å²) in [6.45, 7) is 9.13. The molecule has 1 amide bonds. The smallest absolute Gasteiger partial charge is 0.410 e. The third-order valence-electron chi connectivity index (χ3n) is 4.09. The second-order valence-electron chi connectivity index (χ2n) is 7.44. The normalized spacial score (nSPS) is 20.4. The van der Waals surface area contributed by atoms with Gasteiger partial charge in [-0.25, -0.2) is 4.79 Å². The summed E-state index contributed by atoms with van der Waals surface area (Å²) in [5.41, 5.74) is -0.524. The predicted octanol–water partition coefficient (Wildman–Crippen LogP) is 3.73. The molecule has 0 spiro atoms. The van der Waals surface area contributed by atoms with Gasteiger partial charge in [0.05, 0.1) is 25.4 Å². The summed E-state index contributed by atoms with van der Waals surface area (Å²) in [4.78, 5) is 13.9. The topological polar surface area (TPSA) is 59.0 Å². The van der Waals surface area contributed by atoms with E-state index in [4.69, 9.17) is 9.47 Å². The van der Waals surface area contributed by atoms with E-state index in [-0.39, 0.29) is 12.1 Å². The Balaban J connectivity index is 2.42. The molecule has 5 heteroatoms. The highest BCUT2D eigenvalue weighted by Gasteiger charge is 2.34. The van der Waals surface area contributed by atoms with Crippen LogP contribution in [-0.2, 0) is 9.47 Å². The van der Waals surface area contributed by atoms with Gasteiger partial charge in [0.1, 0.15) is 5.60 Å². The van der Waals surface area contributed by atoms with E-state index in [0.29, 0.717) is 26.2 Å². The van der Waals surface area contributed by atoms with E-state index in [9.17, 15) is 9.90 Å². The molecule has 136 valence electrons. The van der Waals surface area contributed by atoms with E-state index < -0.39 is 11.7 Å². The number of hydrogen-bond acceptors (Lipinski definition) is 4. The van der Waals surface area contributed by atoms with Crippen molar-refractivity contribution in [3.63, 3.8) is 0 Å². The van der Waals surface area contributed by atoms with Gasteiger partial charge in [-0.05, 0) is 27.2 Å². The maximum atomic E-state index is 12.3. The largest absolute Gasteiger partial charge is 0.444 e. The predicted molar refractivity (Wildman–Crippen MR) is 91.5 cm³/mol. The molecule has 0 aromatic heterocycles. The summed E-state index contributed by atoms with van der Waals surface area (Å²) in [6, 6.07) is -0.297. The lowest BCUT2D eigenvalue weighted by molar-refractivity contribution is -0.0681. The number of unbranched alkanes of at least 4 members (excludes halogenated alkanes) is 5. The highest BCUT2D eigenvalue weighted by atomic mass is 16.6. The fourth-order valence-electron chi connectivity index (χ4n) is 2.81. The molecule has 2 atom stereocenters. The molecule has 1 aliphatic rings. The first-order chi connectivity index (χ1) is 10.8. The maximum Gasteiger partial charge on any atom is 0.410 e. The van der Waals surface area contributed by atoms with Crippen molar-refractivity contribution in [1.82, 2.24) is 4.90 Å². The van der Waals surface area contributed by atoms with Crippen LogP contribution in [0, 0.1) is 0 Å². The molecule has 0 bridgehead atoms. The third kappa shape index (κ3) is 8.02. The van der Waals surface area contributed by atoms with Gasteiger partial charge in [0.25, 0.3) is 0 Å². The number of nitrogens with zero attached hydrogens (tertiary/aromatic N) is 1. The van der Waals surface area contributed by atoms with E-state index >= 15 is 0 Å². The van der Waals surface area contributed by atoms with Crippen LogP contribution in [0.5, 0.6) is 0 Å². The Hall–Kier alpha value is -0.810. The van der Waals surface area contributed by atoms with Crippen molar-refractivity contribution in [1.29, 1.82) is 0 Å². The Morgan fingerprint density at radius 2 is 1.91 bits per heavy atom. The number of rotatable bonds is 8. The van der Waals surface area contributed by atoms with Crippen molar-refractivity contribution in [2.75, 3.05) is 19.8 Å². The number of ether oxygens (including phenoxy) is 2. The van der Waals surface area contributed by atoms with Crippen molar-refractivity contribution < 1.29 is 19.4 Å². The first-order valence-corrected chi connectivity index (χ1v) is 9.10. The van der Waals surface area contributed by atoms with Crippen LogP contribution < -0.4 is 0 Å². The van der Waals surface area contributed by atoms with E-state index in [1.54, 1.807) is 4.90 Å². The van der Waals surface area contributed by atoms with E-state index in [2.05, 4.69) is 6.92 Å². The average molecular weight is 329 g/mol. The second-order valence-corrected chi connectivity index (χ2v) is 7.44. The molecule has 0 aromatic rings. The first-order valence-electron chi connectivity index (χ1n) is 9.10. The van der Waals surface area contributed by atoms with Gasteiger partial charge in [0.2, 0.25) is 0 Å². The molecular weight excluding hydrogens is 294 g/mol. The van der Waals surface area contributed by atoms with Crippen LogP contribution in [-0.4, -0.2) is 53.6 Å². The van der Waals surface area contributed by atoms with Crippen molar-refractivity contribution in [3.8, 4) is 0 Å². The summed E-state index contributed by atoms with van der Waals surface area (Å²) in [7, 11) is 0. The number of hydrogen-bond donors (Lipinski definition) is 1. The van der Waals surface area contributed by atoms with Gasteiger partial charge in [-0.15, -0.1) is 0 Å². The van der Waals surface area contributed by atoms with Crippen molar-refractivity contribution >= 4 is 6.09 Å².